The van der Waals surface area contributed by atoms with Gasteiger partial charge in [-0.2, -0.15) is 4.31 Å². The van der Waals surface area contributed by atoms with Crippen LogP contribution in [0.2, 0.25) is 0 Å². The van der Waals surface area contributed by atoms with Crippen LogP contribution in [0, 0.1) is 12.3 Å². The van der Waals surface area contributed by atoms with Crippen molar-refractivity contribution in [3.8, 4) is 0 Å². The molecule has 22 heavy (non-hydrogen) atoms. The molecule has 1 aliphatic heterocycles. The minimum absolute atomic E-state index is 0.0482. The van der Waals surface area contributed by atoms with Crippen molar-refractivity contribution in [1.82, 2.24) is 4.31 Å². The third-order valence-corrected chi connectivity index (χ3v) is 4.69. The molecular formula is C16H19NO4S. The summed E-state index contributed by atoms with van der Waals surface area (Å²) in [7, 11) is -3.98. The van der Waals surface area contributed by atoms with Gasteiger partial charge in [-0.1, -0.05) is 44.2 Å². The molecule has 0 unspecified atom stereocenters. The van der Waals surface area contributed by atoms with E-state index in [9.17, 15) is 13.2 Å². The Labute approximate surface area is 130 Å². The van der Waals surface area contributed by atoms with Crippen LogP contribution in [-0.2, 0) is 14.8 Å². The van der Waals surface area contributed by atoms with Crippen LogP contribution < -0.4 is 0 Å². The molecule has 1 amide bonds. The van der Waals surface area contributed by atoms with Crippen molar-refractivity contribution in [2.24, 2.45) is 5.41 Å². The maximum absolute atomic E-state index is 12.6. The molecule has 6 heteroatoms. The number of benzene rings is 1. The first-order valence-corrected chi connectivity index (χ1v) is 8.31. The van der Waals surface area contributed by atoms with Gasteiger partial charge in [-0.15, -0.1) is 0 Å². The molecule has 0 saturated carbocycles. The summed E-state index contributed by atoms with van der Waals surface area (Å²) in [5.41, 5.74) is 3.83. The van der Waals surface area contributed by atoms with E-state index in [1.807, 2.05) is 27.7 Å². The van der Waals surface area contributed by atoms with Crippen molar-refractivity contribution in [2.75, 3.05) is 6.61 Å². The number of hydrogen-bond donors (Lipinski definition) is 0. The minimum atomic E-state index is -3.98. The highest BCUT2D eigenvalue weighted by Gasteiger charge is 2.39. The highest BCUT2D eigenvalue weighted by atomic mass is 32.2. The summed E-state index contributed by atoms with van der Waals surface area (Å²) in [5, 5.41) is 0. The van der Waals surface area contributed by atoms with Crippen molar-refractivity contribution in [3.05, 3.63) is 47.3 Å². The van der Waals surface area contributed by atoms with Crippen molar-refractivity contribution in [2.45, 2.75) is 32.6 Å². The summed E-state index contributed by atoms with van der Waals surface area (Å²) >= 11 is 0. The molecule has 2 rings (SSSR count). The van der Waals surface area contributed by atoms with Crippen molar-refractivity contribution in [3.63, 3.8) is 0 Å². The lowest BCUT2D eigenvalue weighted by molar-refractivity contribution is 0.170. The molecule has 5 nitrogen and oxygen atoms in total. The van der Waals surface area contributed by atoms with Crippen LogP contribution >= 0.6 is 0 Å². The van der Waals surface area contributed by atoms with E-state index in [2.05, 4.69) is 5.73 Å². The molecule has 1 aliphatic rings. The summed E-state index contributed by atoms with van der Waals surface area (Å²) in [6.45, 7) is 7.62. The predicted molar refractivity (Wildman–Crippen MR) is 82.6 cm³/mol. The highest BCUT2D eigenvalue weighted by molar-refractivity contribution is 7.89. The number of nitrogens with zero attached hydrogens (tertiary/aromatic N) is 1. The molecule has 1 fully saturated rings. The van der Waals surface area contributed by atoms with Crippen LogP contribution in [0.3, 0.4) is 0 Å². The maximum Gasteiger partial charge on any atom is 0.429 e. The van der Waals surface area contributed by atoms with Crippen molar-refractivity contribution in [1.29, 1.82) is 0 Å². The van der Waals surface area contributed by atoms with Gasteiger partial charge in [0.15, 0.2) is 0 Å². The molecule has 0 aliphatic carbocycles. The first kappa shape index (κ1) is 16.3. The molecule has 0 radical (unpaired) electrons. The lowest BCUT2D eigenvalue weighted by Gasteiger charge is -2.15. The molecule has 0 bridgehead atoms. The molecule has 0 atom stereocenters. The molecule has 0 spiro atoms. The molecule has 0 N–H and O–H groups in total. The largest absolute Gasteiger partial charge is 0.441 e. The lowest BCUT2D eigenvalue weighted by atomic mass is 9.97. The molecule has 1 aromatic rings. The van der Waals surface area contributed by atoms with E-state index in [1.54, 1.807) is 18.2 Å². The molecule has 0 aromatic heterocycles. The van der Waals surface area contributed by atoms with Crippen LogP contribution in [-0.4, -0.2) is 25.4 Å². The summed E-state index contributed by atoms with van der Waals surface area (Å²) < 4.78 is 30.8. The Bertz CT molecular complexity index is 748. The first-order chi connectivity index (χ1) is 10.1. The number of hydrogen-bond acceptors (Lipinski definition) is 4. The first-order valence-electron chi connectivity index (χ1n) is 6.87. The SMILES string of the molecule is Cc1ccc(S(=O)(=O)N2C(=O)OCC2=C=CC(C)(C)C)cc1. The second-order valence-corrected chi connectivity index (χ2v) is 8.03. The molecule has 1 saturated heterocycles. The molecule has 1 aromatic carbocycles. The van der Waals surface area contributed by atoms with Crippen LogP contribution in [0.4, 0.5) is 4.79 Å². The number of sulfonamides is 1. The van der Waals surface area contributed by atoms with E-state index in [0.29, 0.717) is 4.31 Å². The Kier molecular flexibility index (Phi) is 4.18. The van der Waals surface area contributed by atoms with Crippen molar-refractivity contribution >= 4 is 16.1 Å². The average Bonchev–Trinajstić information content (AvgIpc) is 2.78. The lowest BCUT2D eigenvalue weighted by Crippen LogP contribution is -2.30. The zero-order chi connectivity index (χ0) is 16.5. The van der Waals surface area contributed by atoms with Gasteiger partial charge in [-0.25, -0.2) is 13.2 Å². The van der Waals surface area contributed by atoms with E-state index in [0.717, 1.165) is 5.56 Å². The Morgan fingerprint density at radius 2 is 1.82 bits per heavy atom. The average molecular weight is 321 g/mol. The minimum Gasteiger partial charge on any atom is -0.441 e. The predicted octanol–water partition coefficient (Wildman–Crippen LogP) is 3.22. The number of carbonyl (C=O) groups excluding carboxylic acids is 1. The van der Waals surface area contributed by atoms with Gasteiger partial charge in [-0.05, 0) is 30.5 Å². The van der Waals surface area contributed by atoms with Crippen molar-refractivity contribution < 1.29 is 17.9 Å². The summed E-state index contributed by atoms with van der Waals surface area (Å²) in [6.07, 6.45) is 0.826. The fraction of sp³-hybridized carbons (Fsp3) is 0.375. The smallest absolute Gasteiger partial charge is 0.429 e. The van der Waals surface area contributed by atoms with Gasteiger partial charge in [0, 0.05) is 0 Å². The van der Waals surface area contributed by atoms with Gasteiger partial charge >= 0.3 is 6.09 Å². The van der Waals surface area contributed by atoms with E-state index in [4.69, 9.17) is 4.74 Å². The van der Waals surface area contributed by atoms with E-state index in [-0.39, 0.29) is 22.6 Å². The maximum atomic E-state index is 12.6. The number of amides is 1. The Balaban J connectivity index is 2.50. The fourth-order valence-corrected chi connectivity index (χ4v) is 3.15. The van der Waals surface area contributed by atoms with Crippen LogP contribution in [0.1, 0.15) is 26.3 Å². The van der Waals surface area contributed by atoms with E-state index < -0.39 is 16.1 Å². The number of aryl methyl sites for hydroxylation is 1. The normalized spacial score (nSPS) is 15.5. The second-order valence-electron chi connectivity index (χ2n) is 6.24. The Hall–Kier alpha value is -2.04. The van der Waals surface area contributed by atoms with Gasteiger partial charge in [0.05, 0.1) is 4.90 Å². The van der Waals surface area contributed by atoms with Gasteiger partial charge in [0.2, 0.25) is 0 Å². The van der Waals surface area contributed by atoms with Gasteiger partial charge < -0.3 is 4.74 Å². The number of cyclic esters (lactones) is 1. The molecular weight excluding hydrogens is 302 g/mol. The standard InChI is InChI=1S/C16H19NO4S/c1-12-5-7-14(8-6-12)22(19,20)17-13(11-21-15(17)18)9-10-16(2,3)4/h5-8,10H,11H2,1-4H3. The number of rotatable bonds is 2. The second kappa shape index (κ2) is 5.63. The highest BCUT2D eigenvalue weighted by Crippen LogP contribution is 2.26. The fourth-order valence-electron chi connectivity index (χ4n) is 1.82. The number of ether oxygens (including phenoxy) is 1. The van der Waals surface area contributed by atoms with E-state index >= 15 is 0 Å². The van der Waals surface area contributed by atoms with Gasteiger partial charge in [0.1, 0.15) is 12.3 Å². The zero-order valence-electron chi connectivity index (χ0n) is 13.1. The Morgan fingerprint density at radius 1 is 1.23 bits per heavy atom. The summed E-state index contributed by atoms with van der Waals surface area (Å²) in [5.74, 6) is 0. The summed E-state index contributed by atoms with van der Waals surface area (Å²) in [4.78, 5) is 11.9. The van der Waals surface area contributed by atoms with Crippen LogP contribution in [0.25, 0.3) is 0 Å². The Morgan fingerprint density at radius 3 is 2.36 bits per heavy atom. The number of carbonyl (C=O) groups is 1. The topological polar surface area (TPSA) is 63.7 Å². The van der Waals surface area contributed by atoms with Gasteiger partial charge in [0.25, 0.3) is 10.0 Å². The monoisotopic (exact) mass is 321 g/mol. The van der Waals surface area contributed by atoms with Crippen LogP contribution in [0.15, 0.2) is 46.7 Å². The zero-order valence-corrected chi connectivity index (χ0v) is 13.9. The third-order valence-electron chi connectivity index (χ3n) is 2.97. The third kappa shape index (κ3) is 3.40. The van der Waals surface area contributed by atoms with Gasteiger partial charge in [-0.3, -0.25) is 0 Å². The molecule has 118 valence electrons. The van der Waals surface area contributed by atoms with E-state index in [1.165, 1.54) is 12.1 Å². The quantitative estimate of drug-likeness (QED) is 0.785. The van der Waals surface area contributed by atoms with Crippen LogP contribution in [0.5, 0.6) is 0 Å². The molecule has 1 heterocycles. The summed E-state index contributed by atoms with van der Waals surface area (Å²) in [6, 6.07) is 6.31.